The van der Waals surface area contributed by atoms with Crippen LogP contribution in [0.3, 0.4) is 0 Å². The zero-order chi connectivity index (χ0) is 11.7. The first-order valence-corrected chi connectivity index (χ1v) is 7.41. The normalized spacial score (nSPS) is 11.9. The predicted octanol–water partition coefficient (Wildman–Crippen LogP) is 1.99. The van der Waals surface area contributed by atoms with Gasteiger partial charge >= 0.3 is 0 Å². The molecule has 15 heavy (non-hydrogen) atoms. The van der Waals surface area contributed by atoms with E-state index in [4.69, 9.17) is 0 Å². The van der Waals surface area contributed by atoms with Crippen molar-refractivity contribution in [1.29, 1.82) is 0 Å². The SMILES string of the molecule is CC#CCS(=O)(=O)CC#CCCC(C)Br. The van der Waals surface area contributed by atoms with Crippen LogP contribution in [0.4, 0.5) is 0 Å². The summed E-state index contributed by atoms with van der Waals surface area (Å²) >= 11 is 3.40. The summed E-state index contributed by atoms with van der Waals surface area (Å²) in [7, 11) is -3.10. The maximum atomic E-state index is 11.3. The molecule has 0 spiro atoms. The number of sulfone groups is 1. The van der Waals surface area contributed by atoms with Gasteiger partial charge < -0.3 is 0 Å². The molecule has 0 fully saturated rings. The number of halogens is 1. The van der Waals surface area contributed by atoms with E-state index < -0.39 is 9.84 Å². The molecule has 4 heteroatoms. The highest BCUT2D eigenvalue weighted by atomic mass is 79.9. The molecule has 0 rings (SSSR count). The Morgan fingerprint density at radius 2 is 1.80 bits per heavy atom. The fourth-order valence-corrected chi connectivity index (χ4v) is 1.77. The fraction of sp³-hybridized carbons (Fsp3) is 0.636. The van der Waals surface area contributed by atoms with Gasteiger partial charge in [-0.3, -0.25) is 0 Å². The molecule has 0 aliphatic carbocycles. The smallest absolute Gasteiger partial charge is 0.172 e. The molecule has 0 aromatic carbocycles. The highest BCUT2D eigenvalue weighted by molar-refractivity contribution is 9.09. The second-order valence-corrected chi connectivity index (χ2v) is 6.76. The first-order valence-electron chi connectivity index (χ1n) is 4.68. The summed E-state index contributed by atoms with van der Waals surface area (Å²) in [5.74, 6) is 10.4. The Balaban J connectivity index is 3.96. The van der Waals surface area contributed by atoms with E-state index in [0.717, 1.165) is 12.8 Å². The third-order valence-electron chi connectivity index (χ3n) is 1.55. The lowest BCUT2D eigenvalue weighted by Crippen LogP contribution is -2.07. The Morgan fingerprint density at radius 1 is 1.20 bits per heavy atom. The summed E-state index contributed by atoms with van der Waals surface area (Å²) < 4.78 is 22.5. The Morgan fingerprint density at radius 3 is 2.33 bits per heavy atom. The van der Waals surface area contributed by atoms with Gasteiger partial charge in [0.2, 0.25) is 0 Å². The first-order chi connectivity index (χ1) is 6.98. The van der Waals surface area contributed by atoms with Crippen molar-refractivity contribution in [3.63, 3.8) is 0 Å². The Labute approximate surface area is 101 Å². The molecule has 84 valence electrons. The molecule has 0 aliphatic rings. The fourth-order valence-electron chi connectivity index (χ4n) is 0.754. The monoisotopic (exact) mass is 290 g/mol. The van der Waals surface area contributed by atoms with Crippen molar-refractivity contribution in [3.05, 3.63) is 0 Å². The minimum Gasteiger partial charge on any atom is -0.227 e. The van der Waals surface area contributed by atoms with Crippen molar-refractivity contribution in [1.82, 2.24) is 0 Å². The van der Waals surface area contributed by atoms with Gasteiger partial charge in [0.1, 0.15) is 11.5 Å². The minimum atomic E-state index is -3.10. The van der Waals surface area contributed by atoms with Crippen LogP contribution >= 0.6 is 15.9 Å². The molecule has 0 saturated carbocycles. The van der Waals surface area contributed by atoms with Crippen LogP contribution in [-0.2, 0) is 9.84 Å². The first kappa shape index (κ1) is 14.6. The highest BCUT2D eigenvalue weighted by Gasteiger charge is 2.05. The average molecular weight is 291 g/mol. The zero-order valence-corrected chi connectivity index (χ0v) is 11.4. The molecule has 0 aromatic heterocycles. The molecule has 0 saturated heterocycles. The maximum Gasteiger partial charge on any atom is 0.172 e. The van der Waals surface area contributed by atoms with E-state index in [1.165, 1.54) is 0 Å². The molecule has 0 amide bonds. The van der Waals surface area contributed by atoms with E-state index in [-0.39, 0.29) is 11.5 Å². The van der Waals surface area contributed by atoms with Crippen LogP contribution in [0.15, 0.2) is 0 Å². The quantitative estimate of drug-likeness (QED) is 0.586. The van der Waals surface area contributed by atoms with Crippen LogP contribution in [-0.4, -0.2) is 24.8 Å². The molecule has 0 aliphatic heterocycles. The van der Waals surface area contributed by atoms with Crippen molar-refractivity contribution in [2.75, 3.05) is 11.5 Å². The summed E-state index contributed by atoms with van der Waals surface area (Å²) in [6.07, 6.45) is 1.66. The van der Waals surface area contributed by atoms with Crippen molar-refractivity contribution in [3.8, 4) is 23.7 Å². The summed E-state index contributed by atoms with van der Waals surface area (Å²) in [6.45, 7) is 3.66. The summed E-state index contributed by atoms with van der Waals surface area (Å²) in [4.78, 5) is 0.425. The lowest BCUT2D eigenvalue weighted by molar-refractivity contribution is 0.603. The molecule has 2 nitrogen and oxygen atoms in total. The van der Waals surface area contributed by atoms with Gasteiger partial charge in [-0.2, -0.15) is 0 Å². The third-order valence-corrected chi connectivity index (χ3v) is 3.18. The topological polar surface area (TPSA) is 34.1 Å². The zero-order valence-electron chi connectivity index (χ0n) is 9.01. The average Bonchev–Trinajstić information content (AvgIpc) is 2.14. The summed E-state index contributed by atoms with van der Waals surface area (Å²) in [5.41, 5.74) is 0. The van der Waals surface area contributed by atoms with Crippen molar-refractivity contribution in [2.24, 2.45) is 0 Å². The molecular formula is C11H15BrO2S. The van der Waals surface area contributed by atoms with Crippen molar-refractivity contribution < 1.29 is 8.42 Å². The van der Waals surface area contributed by atoms with Gasteiger partial charge in [-0.25, -0.2) is 8.42 Å². The second kappa shape index (κ2) is 7.79. The van der Waals surface area contributed by atoms with Gasteiger partial charge in [0.05, 0.1) is 0 Å². The molecule has 1 atom stereocenters. The summed E-state index contributed by atoms with van der Waals surface area (Å²) in [6, 6.07) is 0. The molecule has 0 N–H and O–H groups in total. The molecular weight excluding hydrogens is 276 g/mol. The van der Waals surface area contributed by atoms with Gasteiger partial charge in [0, 0.05) is 11.2 Å². The van der Waals surface area contributed by atoms with Gasteiger partial charge in [-0.1, -0.05) is 34.7 Å². The van der Waals surface area contributed by atoms with Crippen LogP contribution in [0.25, 0.3) is 0 Å². The standard InChI is InChI=1S/C11H15BrO2S/c1-3-4-9-15(13,14)10-7-5-6-8-11(2)12/h11H,6,8-10H2,1-2H3. The minimum absolute atomic E-state index is 0.0850. The van der Waals surface area contributed by atoms with Crippen LogP contribution in [0.5, 0.6) is 0 Å². The lowest BCUT2D eigenvalue weighted by atomic mass is 10.2. The van der Waals surface area contributed by atoms with Crippen molar-refractivity contribution in [2.45, 2.75) is 31.5 Å². The van der Waals surface area contributed by atoms with Crippen LogP contribution in [0.2, 0.25) is 0 Å². The van der Waals surface area contributed by atoms with E-state index in [9.17, 15) is 8.42 Å². The Kier molecular flexibility index (Phi) is 7.56. The van der Waals surface area contributed by atoms with Crippen LogP contribution < -0.4 is 0 Å². The highest BCUT2D eigenvalue weighted by Crippen LogP contribution is 2.04. The number of hydrogen-bond donors (Lipinski definition) is 0. The molecule has 0 heterocycles. The molecule has 0 radical (unpaired) electrons. The van der Waals surface area contributed by atoms with Gasteiger partial charge in [-0.15, -0.1) is 11.8 Å². The Hall–Kier alpha value is -0.450. The van der Waals surface area contributed by atoms with E-state index >= 15 is 0 Å². The van der Waals surface area contributed by atoms with E-state index in [1.807, 2.05) is 6.92 Å². The number of rotatable bonds is 4. The second-order valence-electron chi connectivity index (χ2n) is 3.13. The molecule has 0 bridgehead atoms. The van der Waals surface area contributed by atoms with Gasteiger partial charge in [-0.05, 0) is 13.3 Å². The lowest BCUT2D eigenvalue weighted by Gasteiger charge is -1.95. The van der Waals surface area contributed by atoms with E-state index in [1.54, 1.807) is 6.92 Å². The molecule has 1 unspecified atom stereocenters. The molecule has 0 aromatic rings. The third kappa shape index (κ3) is 9.85. The van der Waals surface area contributed by atoms with E-state index in [2.05, 4.69) is 39.6 Å². The van der Waals surface area contributed by atoms with Crippen LogP contribution in [0, 0.1) is 23.7 Å². The van der Waals surface area contributed by atoms with Crippen LogP contribution in [0.1, 0.15) is 26.7 Å². The van der Waals surface area contributed by atoms with E-state index in [0.29, 0.717) is 4.83 Å². The predicted molar refractivity (Wildman–Crippen MR) is 67.5 cm³/mol. The Bertz CT molecular complexity index is 388. The number of hydrogen-bond acceptors (Lipinski definition) is 2. The largest absolute Gasteiger partial charge is 0.227 e. The summed E-state index contributed by atoms with van der Waals surface area (Å²) in [5, 5.41) is 0. The van der Waals surface area contributed by atoms with Gasteiger partial charge in [0.15, 0.2) is 9.84 Å². The van der Waals surface area contributed by atoms with Crippen molar-refractivity contribution >= 4 is 25.8 Å². The van der Waals surface area contributed by atoms with Gasteiger partial charge in [0.25, 0.3) is 0 Å². The maximum absolute atomic E-state index is 11.3. The number of alkyl halides is 1.